The van der Waals surface area contributed by atoms with E-state index in [0.29, 0.717) is 22.5 Å². The van der Waals surface area contributed by atoms with Crippen molar-refractivity contribution in [1.29, 1.82) is 0 Å². The number of hydrogen-bond acceptors (Lipinski definition) is 3. The maximum Gasteiger partial charge on any atom is 0.277 e. The van der Waals surface area contributed by atoms with Gasteiger partial charge >= 0.3 is 0 Å². The van der Waals surface area contributed by atoms with Gasteiger partial charge in [-0.3, -0.25) is 14.7 Å². The van der Waals surface area contributed by atoms with Crippen LogP contribution in [0.5, 0.6) is 0 Å². The fraction of sp³-hybridized carbons (Fsp3) is 0.0769. The van der Waals surface area contributed by atoms with E-state index in [1.165, 1.54) is 0 Å². The standard InChI is InChI=1S/C26H19N3O2/c1-15-9-5-6-12-17(15)20-21-23(18-13-7-8-14-19(18)24(21)30)27-25-22(20)26(31)29(28-25)16-10-3-2-4-11-16/h2-14,20,27-28H,1H3/t20-/m0/s1. The number of aromatic amines is 1. The number of rotatable bonds is 2. The highest BCUT2D eigenvalue weighted by molar-refractivity contribution is 6.23. The van der Waals surface area contributed by atoms with Crippen LogP contribution in [0.2, 0.25) is 0 Å². The van der Waals surface area contributed by atoms with Gasteiger partial charge in [-0.25, -0.2) is 4.68 Å². The number of Topliss-reactive ketones (excluding diaryl/α,β-unsaturated/α-hetero) is 1. The average molecular weight is 405 g/mol. The number of allylic oxidation sites excluding steroid dienone is 1. The first-order valence-electron chi connectivity index (χ1n) is 10.3. The Kier molecular flexibility index (Phi) is 3.68. The lowest BCUT2D eigenvalue weighted by Gasteiger charge is -2.26. The molecule has 0 unspecified atom stereocenters. The average Bonchev–Trinajstić information content (AvgIpc) is 3.29. The van der Waals surface area contributed by atoms with Gasteiger partial charge < -0.3 is 5.32 Å². The third kappa shape index (κ3) is 2.43. The van der Waals surface area contributed by atoms with Crippen molar-refractivity contribution in [3.63, 3.8) is 0 Å². The lowest BCUT2D eigenvalue weighted by Crippen LogP contribution is -2.25. The number of fused-ring (bicyclic) bond motifs is 3. The van der Waals surface area contributed by atoms with E-state index in [-0.39, 0.29) is 11.3 Å². The van der Waals surface area contributed by atoms with Crippen molar-refractivity contribution in [2.75, 3.05) is 5.32 Å². The summed E-state index contributed by atoms with van der Waals surface area (Å²) in [5, 5.41) is 6.62. The van der Waals surface area contributed by atoms with Gasteiger partial charge in [-0.1, -0.05) is 66.7 Å². The minimum Gasteiger partial charge on any atom is -0.339 e. The highest BCUT2D eigenvalue weighted by atomic mass is 16.1. The molecule has 0 bridgehead atoms. The smallest absolute Gasteiger partial charge is 0.277 e. The van der Waals surface area contributed by atoms with Crippen LogP contribution in [0, 0.1) is 6.92 Å². The topological polar surface area (TPSA) is 66.9 Å². The molecule has 0 saturated heterocycles. The first kappa shape index (κ1) is 17.7. The zero-order chi connectivity index (χ0) is 21.1. The molecular weight excluding hydrogens is 386 g/mol. The summed E-state index contributed by atoms with van der Waals surface area (Å²) in [6, 6.07) is 25.0. The maximum absolute atomic E-state index is 13.6. The van der Waals surface area contributed by atoms with E-state index >= 15 is 0 Å². The van der Waals surface area contributed by atoms with Crippen molar-refractivity contribution in [2.24, 2.45) is 0 Å². The summed E-state index contributed by atoms with van der Waals surface area (Å²) in [6.07, 6.45) is 0. The predicted octanol–water partition coefficient (Wildman–Crippen LogP) is 4.64. The lowest BCUT2D eigenvalue weighted by molar-refractivity contribution is 0.103. The molecule has 5 nitrogen and oxygen atoms in total. The van der Waals surface area contributed by atoms with Gasteiger partial charge in [0.2, 0.25) is 0 Å². The van der Waals surface area contributed by atoms with E-state index in [4.69, 9.17) is 0 Å². The van der Waals surface area contributed by atoms with Gasteiger partial charge in [0.15, 0.2) is 5.78 Å². The van der Waals surface area contributed by atoms with Crippen molar-refractivity contribution in [3.05, 3.63) is 123 Å². The highest BCUT2D eigenvalue weighted by Gasteiger charge is 2.43. The van der Waals surface area contributed by atoms with Gasteiger partial charge in [0.1, 0.15) is 5.82 Å². The second kappa shape index (κ2) is 6.44. The van der Waals surface area contributed by atoms with Crippen LogP contribution in [-0.4, -0.2) is 15.6 Å². The van der Waals surface area contributed by atoms with Crippen molar-refractivity contribution in [1.82, 2.24) is 9.78 Å². The van der Waals surface area contributed by atoms with Crippen molar-refractivity contribution < 1.29 is 4.79 Å². The zero-order valence-corrected chi connectivity index (χ0v) is 16.8. The normalized spacial score (nSPS) is 16.5. The van der Waals surface area contributed by atoms with Crippen LogP contribution in [0.25, 0.3) is 11.4 Å². The first-order valence-corrected chi connectivity index (χ1v) is 10.3. The molecule has 2 N–H and O–H groups in total. The van der Waals surface area contributed by atoms with Crippen LogP contribution in [0.4, 0.5) is 5.82 Å². The summed E-state index contributed by atoms with van der Waals surface area (Å²) in [6.45, 7) is 2.02. The molecule has 3 aromatic carbocycles. The maximum atomic E-state index is 13.6. The molecule has 0 fully saturated rings. The van der Waals surface area contributed by atoms with Crippen LogP contribution in [0.15, 0.2) is 89.2 Å². The fourth-order valence-electron chi connectivity index (χ4n) is 4.78. The number of benzene rings is 3. The van der Waals surface area contributed by atoms with E-state index in [0.717, 1.165) is 28.1 Å². The Morgan fingerprint density at radius 2 is 1.48 bits per heavy atom. The summed E-state index contributed by atoms with van der Waals surface area (Å²) in [5.74, 6) is 0.162. The number of para-hydroxylation sites is 1. The molecule has 5 heteroatoms. The summed E-state index contributed by atoms with van der Waals surface area (Å²) >= 11 is 0. The van der Waals surface area contributed by atoms with Gasteiger partial charge in [-0.15, -0.1) is 0 Å². The van der Waals surface area contributed by atoms with Gasteiger partial charge in [-0.05, 0) is 30.2 Å². The molecule has 1 atom stereocenters. The Morgan fingerprint density at radius 3 is 2.26 bits per heavy atom. The molecule has 0 amide bonds. The van der Waals surface area contributed by atoms with Crippen LogP contribution < -0.4 is 10.9 Å². The number of aryl methyl sites for hydroxylation is 1. The zero-order valence-electron chi connectivity index (χ0n) is 16.8. The summed E-state index contributed by atoms with van der Waals surface area (Å²) < 4.78 is 1.54. The Balaban J connectivity index is 1.65. The predicted molar refractivity (Wildman–Crippen MR) is 121 cm³/mol. The second-order valence-corrected chi connectivity index (χ2v) is 7.95. The number of nitrogens with one attached hydrogen (secondary N) is 2. The Morgan fingerprint density at radius 1 is 0.806 bits per heavy atom. The van der Waals surface area contributed by atoms with E-state index in [2.05, 4.69) is 10.4 Å². The van der Waals surface area contributed by atoms with E-state index in [1.807, 2.05) is 85.8 Å². The molecule has 31 heavy (non-hydrogen) atoms. The number of anilines is 1. The van der Waals surface area contributed by atoms with Crippen LogP contribution in [0.3, 0.4) is 0 Å². The van der Waals surface area contributed by atoms with E-state index in [1.54, 1.807) is 4.68 Å². The number of H-pyrrole nitrogens is 1. The van der Waals surface area contributed by atoms with E-state index in [9.17, 15) is 9.59 Å². The molecular formula is C26H19N3O2. The quantitative estimate of drug-likeness (QED) is 0.511. The van der Waals surface area contributed by atoms with Crippen molar-refractivity contribution >= 4 is 17.3 Å². The van der Waals surface area contributed by atoms with E-state index < -0.39 is 5.92 Å². The minimum atomic E-state index is -0.443. The summed E-state index contributed by atoms with van der Waals surface area (Å²) in [5.41, 5.74) is 6.14. The van der Waals surface area contributed by atoms with Crippen LogP contribution >= 0.6 is 0 Å². The summed E-state index contributed by atoms with van der Waals surface area (Å²) in [4.78, 5) is 27.1. The van der Waals surface area contributed by atoms with Gasteiger partial charge in [-0.2, -0.15) is 0 Å². The summed E-state index contributed by atoms with van der Waals surface area (Å²) in [7, 11) is 0. The number of nitrogens with zero attached hydrogens (tertiary/aromatic N) is 1. The molecule has 4 aromatic rings. The molecule has 0 saturated carbocycles. The Bertz CT molecular complexity index is 1460. The van der Waals surface area contributed by atoms with Crippen LogP contribution in [-0.2, 0) is 0 Å². The van der Waals surface area contributed by atoms with Crippen molar-refractivity contribution in [2.45, 2.75) is 12.8 Å². The lowest BCUT2D eigenvalue weighted by atomic mass is 9.80. The third-order valence-electron chi connectivity index (χ3n) is 6.22. The molecule has 1 aliphatic carbocycles. The number of aromatic nitrogens is 2. The van der Waals surface area contributed by atoms with Gasteiger partial charge in [0, 0.05) is 22.6 Å². The Labute approximate surface area is 178 Å². The number of ketones is 1. The van der Waals surface area contributed by atoms with Crippen molar-refractivity contribution in [3.8, 4) is 5.69 Å². The van der Waals surface area contributed by atoms with Gasteiger partial charge in [0.05, 0.1) is 16.9 Å². The Hall–Kier alpha value is -4.12. The minimum absolute atomic E-state index is 0.0242. The first-order chi connectivity index (χ1) is 15.1. The molecule has 6 rings (SSSR count). The van der Waals surface area contributed by atoms with Crippen LogP contribution in [0.1, 0.15) is 38.5 Å². The molecule has 150 valence electrons. The molecule has 2 heterocycles. The monoisotopic (exact) mass is 405 g/mol. The fourth-order valence-corrected chi connectivity index (χ4v) is 4.78. The molecule has 0 spiro atoms. The SMILES string of the molecule is Cc1ccccc1[C@H]1C2=C(Nc3[nH]n(-c4ccccc4)c(=O)c31)c1ccccc1C2=O. The number of carbonyl (C=O) groups excluding carboxylic acids is 1. The molecule has 2 aliphatic rings. The molecule has 0 radical (unpaired) electrons. The number of carbonyl (C=O) groups is 1. The largest absolute Gasteiger partial charge is 0.339 e. The second-order valence-electron chi connectivity index (χ2n) is 7.95. The van der Waals surface area contributed by atoms with Gasteiger partial charge in [0.25, 0.3) is 5.56 Å². The molecule has 1 aromatic heterocycles. The number of hydrogen-bond donors (Lipinski definition) is 2. The third-order valence-corrected chi connectivity index (χ3v) is 6.22. The highest BCUT2D eigenvalue weighted by Crippen LogP contribution is 2.48. The molecule has 1 aliphatic heterocycles.